The predicted octanol–water partition coefficient (Wildman–Crippen LogP) is 2.79. The van der Waals surface area contributed by atoms with Crippen molar-refractivity contribution in [1.29, 1.82) is 0 Å². The van der Waals surface area contributed by atoms with Gasteiger partial charge in [0.2, 0.25) is 0 Å². The summed E-state index contributed by atoms with van der Waals surface area (Å²) in [5.41, 5.74) is 5.94. The fourth-order valence-corrected chi connectivity index (χ4v) is 2.51. The summed E-state index contributed by atoms with van der Waals surface area (Å²) in [7, 11) is 0. The molecule has 7 heteroatoms. The van der Waals surface area contributed by atoms with Gasteiger partial charge in [-0.3, -0.25) is 10.1 Å². The zero-order chi connectivity index (χ0) is 13.3. The summed E-state index contributed by atoms with van der Waals surface area (Å²) in [6, 6.07) is 2.28. The zero-order valence-electron chi connectivity index (χ0n) is 9.53. The largest absolute Gasteiger partial charge is 0.375 e. The van der Waals surface area contributed by atoms with Gasteiger partial charge >= 0.3 is 0 Å². The molecule has 0 saturated heterocycles. The van der Waals surface area contributed by atoms with Gasteiger partial charge in [-0.05, 0) is 41.3 Å². The predicted molar refractivity (Wildman–Crippen MR) is 70.0 cm³/mol. The summed E-state index contributed by atoms with van der Waals surface area (Å²) in [5, 5.41) is 13.9. The van der Waals surface area contributed by atoms with Crippen molar-refractivity contribution in [2.75, 3.05) is 5.32 Å². The van der Waals surface area contributed by atoms with Crippen molar-refractivity contribution >= 4 is 27.3 Å². The van der Waals surface area contributed by atoms with E-state index in [9.17, 15) is 14.5 Å². The summed E-state index contributed by atoms with van der Waals surface area (Å²) in [5.74, 6) is -0.650. The van der Waals surface area contributed by atoms with E-state index >= 15 is 0 Å². The molecule has 1 aliphatic rings. The average Bonchev–Trinajstić information content (AvgIpc) is 2.69. The van der Waals surface area contributed by atoms with E-state index in [1.54, 1.807) is 0 Å². The van der Waals surface area contributed by atoms with E-state index in [1.807, 2.05) is 0 Å². The Balaban J connectivity index is 2.30. The van der Waals surface area contributed by atoms with Crippen molar-refractivity contribution in [3.63, 3.8) is 0 Å². The van der Waals surface area contributed by atoms with Crippen LogP contribution in [0.4, 0.5) is 15.8 Å². The normalized spacial score (nSPS) is 23.1. The first kappa shape index (κ1) is 13.2. The van der Waals surface area contributed by atoms with Gasteiger partial charge in [0.15, 0.2) is 0 Å². The summed E-state index contributed by atoms with van der Waals surface area (Å²) in [6.07, 6.45) is 2.76. The maximum Gasteiger partial charge on any atom is 0.295 e. The molecule has 2 rings (SSSR count). The van der Waals surface area contributed by atoms with Crippen LogP contribution in [-0.4, -0.2) is 17.0 Å². The summed E-state index contributed by atoms with van der Waals surface area (Å²) >= 11 is 3.02. The number of rotatable bonds is 3. The van der Waals surface area contributed by atoms with Crippen molar-refractivity contribution in [2.45, 2.75) is 31.3 Å². The second-order valence-electron chi connectivity index (χ2n) is 4.39. The Morgan fingerprint density at radius 3 is 2.78 bits per heavy atom. The van der Waals surface area contributed by atoms with Gasteiger partial charge < -0.3 is 11.1 Å². The van der Waals surface area contributed by atoms with Gasteiger partial charge in [0.25, 0.3) is 5.69 Å². The quantitative estimate of drug-likeness (QED) is 0.663. The number of nitrogens with two attached hydrogens (primary N) is 1. The van der Waals surface area contributed by atoms with Gasteiger partial charge in [0.05, 0.1) is 15.5 Å². The van der Waals surface area contributed by atoms with E-state index in [1.165, 1.54) is 6.07 Å². The van der Waals surface area contributed by atoms with E-state index < -0.39 is 10.7 Å². The Kier molecular flexibility index (Phi) is 3.82. The highest BCUT2D eigenvalue weighted by Gasteiger charge is 2.27. The summed E-state index contributed by atoms with van der Waals surface area (Å²) in [4.78, 5) is 10.3. The van der Waals surface area contributed by atoms with Gasteiger partial charge in [-0.15, -0.1) is 0 Å². The zero-order valence-corrected chi connectivity index (χ0v) is 11.1. The first-order valence-corrected chi connectivity index (χ1v) is 6.44. The molecule has 1 aromatic rings. The molecule has 0 heterocycles. The summed E-state index contributed by atoms with van der Waals surface area (Å²) < 4.78 is 13.5. The molecule has 2 unspecified atom stereocenters. The maximum absolute atomic E-state index is 13.3. The number of halogens is 2. The minimum Gasteiger partial charge on any atom is -0.375 e. The van der Waals surface area contributed by atoms with Crippen molar-refractivity contribution in [3.8, 4) is 0 Å². The highest BCUT2D eigenvalue weighted by atomic mass is 79.9. The first-order valence-electron chi connectivity index (χ1n) is 5.64. The molecule has 0 spiro atoms. The Morgan fingerprint density at radius 2 is 2.22 bits per heavy atom. The molecule has 1 aromatic carbocycles. The van der Waals surface area contributed by atoms with Crippen LogP contribution in [0.2, 0.25) is 0 Å². The highest BCUT2D eigenvalue weighted by Crippen LogP contribution is 2.32. The Labute approximate surface area is 112 Å². The van der Waals surface area contributed by atoms with Crippen LogP contribution in [0.15, 0.2) is 16.6 Å². The van der Waals surface area contributed by atoms with Crippen molar-refractivity contribution < 1.29 is 9.31 Å². The van der Waals surface area contributed by atoms with Crippen molar-refractivity contribution in [2.24, 2.45) is 5.73 Å². The molecule has 1 aliphatic carbocycles. The van der Waals surface area contributed by atoms with Crippen LogP contribution < -0.4 is 11.1 Å². The number of nitrogens with one attached hydrogen (secondary N) is 1. The third-order valence-electron chi connectivity index (χ3n) is 3.15. The molecule has 3 N–H and O–H groups in total. The first-order chi connectivity index (χ1) is 8.49. The lowest BCUT2D eigenvalue weighted by Gasteiger charge is -2.18. The van der Waals surface area contributed by atoms with Crippen LogP contribution in [0, 0.1) is 15.9 Å². The number of nitro benzene ring substituents is 1. The molecule has 0 aliphatic heterocycles. The SMILES string of the molecule is NC1CCCC1Nc1cc(Br)c(F)cc1[N+](=O)[O-]. The minimum absolute atomic E-state index is 0.000983. The minimum atomic E-state index is -0.650. The Hall–Kier alpha value is -1.21. The molecule has 1 fully saturated rings. The van der Waals surface area contributed by atoms with E-state index in [-0.39, 0.29) is 22.2 Å². The molecular weight excluding hydrogens is 305 g/mol. The van der Waals surface area contributed by atoms with Crippen LogP contribution in [0.5, 0.6) is 0 Å². The summed E-state index contributed by atoms with van der Waals surface area (Å²) in [6.45, 7) is 0. The highest BCUT2D eigenvalue weighted by molar-refractivity contribution is 9.10. The molecule has 98 valence electrons. The maximum atomic E-state index is 13.3. The van der Waals surface area contributed by atoms with Crippen LogP contribution in [-0.2, 0) is 0 Å². The molecule has 0 aromatic heterocycles. The smallest absolute Gasteiger partial charge is 0.295 e. The van der Waals surface area contributed by atoms with E-state index in [0.717, 1.165) is 25.3 Å². The monoisotopic (exact) mass is 317 g/mol. The van der Waals surface area contributed by atoms with Crippen molar-refractivity contribution in [3.05, 3.63) is 32.5 Å². The second-order valence-corrected chi connectivity index (χ2v) is 5.24. The number of hydrogen-bond acceptors (Lipinski definition) is 4. The number of nitro groups is 1. The van der Waals surface area contributed by atoms with E-state index in [4.69, 9.17) is 5.73 Å². The second kappa shape index (κ2) is 5.19. The van der Waals surface area contributed by atoms with Gasteiger partial charge in [0.1, 0.15) is 11.5 Å². The van der Waals surface area contributed by atoms with Crippen LogP contribution in [0.1, 0.15) is 19.3 Å². The van der Waals surface area contributed by atoms with Gasteiger partial charge in [-0.1, -0.05) is 0 Å². The standard InChI is InChI=1S/C11H13BrFN3O2/c12-6-4-10(11(16(17)18)5-7(6)13)15-9-3-1-2-8(9)14/h4-5,8-9,15H,1-3,14H2. The lowest BCUT2D eigenvalue weighted by Crippen LogP contribution is -2.35. The topological polar surface area (TPSA) is 81.2 Å². The average molecular weight is 318 g/mol. The lowest BCUT2D eigenvalue weighted by molar-refractivity contribution is -0.384. The van der Waals surface area contributed by atoms with Crippen LogP contribution in [0.3, 0.4) is 0 Å². The molecule has 1 saturated carbocycles. The van der Waals surface area contributed by atoms with Gasteiger partial charge in [-0.25, -0.2) is 4.39 Å². The molecule has 0 radical (unpaired) electrons. The molecule has 0 amide bonds. The fourth-order valence-electron chi connectivity index (χ4n) is 2.17. The third kappa shape index (κ3) is 2.62. The number of benzene rings is 1. The molecule has 2 atom stereocenters. The molecule has 0 bridgehead atoms. The van der Waals surface area contributed by atoms with Gasteiger partial charge in [0, 0.05) is 12.1 Å². The molecule has 18 heavy (non-hydrogen) atoms. The molecule has 5 nitrogen and oxygen atoms in total. The van der Waals surface area contributed by atoms with Crippen LogP contribution in [0.25, 0.3) is 0 Å². The Bertz CT molecular complexity index is 484. The lowest BCUT2D eigenvalue weighted by atomic mass is 10.1. The number of hydrogen-bond donors (Lipinski definition) is 2. The van der Waals surface area contributed by atoms with Gasteiger partial charge in [-0.2, -0.15) is 0 Å². The Morgan fingerprint density at radius 1 is 1.50 bits per heavy atom. The third-order valence-corrected chi connectivity index (χ3v) is 3.75. The number of nitrogens with zero attached hydrogens (tertiary/aromatic N) is 1. The van der Waals surface area contributed by atoms with E-state index in [0.29, 0.717) is 5.69 Å². The fraction of sp³-hybridized carbons (Fsp3) is 0.455. The van der Waals surface area contributed by atoms with Crippen LogP contribution >= 0.6 is 15.9 Å². The number of anilines is 1. The molecular formula is C11H13BrFN3O2. The van der Waals surface area contributed by atoms with Crippen molar-refractivity contribution in [1.82, 2.24) is 0 Å². The van der Waals surface area contributed by atoms with E-state index in [2.05, 4.69) is 21.2 Å².